The fourth-order valence-corrected chi connectivity index (χ4v) is 2.58. The van der Waals surface area contributed by atoms with Gasteiger partial charge in [0.2, 0.25) is 5.91 Å². The maximum Gasteiger partial charge on any atom is 0.342 e. The summed E-state index contributed by atoms with van der Waals surface area (Å²) in [6.45, 7) is 0. The molecule has 0 saturated heterocycles. The summed E-state index contributed by atoms with van der Waals surface area (Å²) in [6.07, 6.45) is 1.44. The van der Waals surface area contributed by atoms with Crippen molar-refractivity contribution in [2.24, 2.45) is 5.10 Å². The lowest BCUT2D eigenvalue weighted by atomic mass is 10.2. The Morgan fingerprint density at radius 2 is 2.29 bits per heavy atom. The van der Waals surface area contributed by atoms with Crippen molar-refractivity contribution in [1.29, 1.82) is 0 Å². The van der Waals surface area contributed by atoms with Gasteiger partial charge in [-0.1, -0.05) is 27.7 Å². The van der Waals surface area contributed by atoms with Crippen molar-refractivity contribution in [1.82, 2.24) is 20.6 Å². The summed E-state index contributed by atoms with van der Waals surface area (Å²) in [7, 11) is 1.53. The molecule has 0 aliphatic rings. The van der Waals surface area contributed by atoms with Crippen molar-refractivity contribution in [2.75, 3.05) is 12.9 Å². The number of H-pyrrole nitrogens is 2. The van der Waals surface area contributed by atoms with Crippen molar-refractivity contribution in [3.8, 4) is 5.75 Å². The molecule has 1 amide bonds. The van der Waals surface area contributed by atoms with Gasteiger partial charge in [0.1, 0.15) is 5.75 Å². The van der Waals surface area contributed by atoms with E-state index in [4.69, 9.17) is 4.74 Å². The lowest BCUT2D eigenvalue weighted by Gasteiger charge is -2.04. The molecule has 0 saturated carbocycles. The highest BCUT2D eigenvalue weighted by molar-refractivity contribution is 9.10. The molecule has 0 spiro atoms. The predicted octanol–water partition coefficient (Wildman–Crippen LogP) is 0.472. The lowest BCUT2D eigenvalue weighted by Crippen LogP contribution is -2.26. The summed E-state index contributed by atoms with van der Waals surface area (Å²) < 4.78 is 6.02. The third-order valence-electron chi connectivity index (χ3n) is 2.60. The summed E-state index contributed by atoms with van der Waals surface area (Å²) in [4.78, 5) is 36.0. The molecule has 3 N–H and O–H groups in total. The molecule has 0 unspecified atom stereocenters. The molecule has 24 heavy (non-hydrogen) atoms. The number of aromatic nitrogens is 3. The maximum atomic E-state index is 11.7. The Morgan fingerprint density at radius 1 is 1.50 bits per heavy atom. The fraction of sp³-hybridized carbons (Fsp3) is 0.154. The van der Waals surface area contributed by atoms with E-state index in [0.717, 1.165) is 16.2 Å². The Kier molecular flexibility index (Phi) is 6.32. The third-order valence-corrected chi connectivity index (χ3v) is 4.05. The van der Waals surface area contributed by atoms with Crippen LogP contribution in [-0.4, -0.2) is 40.2 Å². The zero-order valence-corrected chi connectivity index (χ0v) is 14.7. The molecular weight excluding hydrogens is 402 g/mol. The summed E-state index contributed by atoms with van der Waals surface area (Å²) in [5.74, 6) is 0.0851. The van der Waals surface area contributed by atoms with Crippen LogP contribution in [0.2, 0.25) is 0 Å². The van der Waals surface area contributed by atoms with Gasteiger partial charge in [-0.25, -0.2) is 15.3 Å². The summed E-state index contributed by atoms with van der Waals surface area (Å²) in [6, 6.07) is 5.37. The molecular formula is C13H12BrN5O4S. The van der Waals surface area contributed by atoms with Crippen LogP contribution in [0.4, 0.5) is 0 Å². The van der Waals surface area contributed by atoms with Gasteiger partial charge in [0.25, 0.3) is 5.56 Å². The van der Waals surface area contributed by atoms with Crippen LogP contribution in [-0.2, 0) is 4.79 Å². The van der Waals surface area contributed by atoms with Crippen LogP contribution >= 0.6 is 27.7 Å². The van der Waals surface area contributed by atoms with Crippen LogP contribution in [0.3, 0.4) is 0 Å². The second-order valence-corrected chi connectivity index (χ2v) is 6.16. The average Bonchev–Trinajstić information content (AvgIpc) is 2.54. The van der Waals surface area contributed by atoms with Gasteiger partial charge in [0.05, 0.1) is 19.1 Å². The van der Waals surface area contributed by atoms with Crippen LogP contribution in [0.1, 0.15) is 5.56 Å². The number of thioether (sulfide) groups is 1. The number of rotatable bonds is 6. The van der Waals surface area contributed by atoms with Crippen molar-refractivity contribution < 1.29 is 9.53 Å². The van der Waals surface area contributed by atoms with Gasteiger partial charge < -0.3 is 4.74 Å². The number of nitrogens with zero attached hydrogens (tertiary/aromatic N) is 2. The molecule has 2 aromatic rings. The molecule has 0 radical (unpaired) electrons. The molecule has 0 bridgehead atoms. The number of hydrogen-bond acceptors (Lipinski definition) is 7. The highest BCUT2D eigenvalue weighted by Crippen LogP contribution is 2.21. The van der Waals surface area contributed by atoms with E-state index >= 15 is 0 Å². The normalized spacial score (nSPS) is 10.8. The number of benzene rings is 1. The number of halogens is 1. The first-order chi connectivity index (χ1) is 11.5. The minimum Gasteiger partial charge on any atom is -0.496 e. The number of methoxy groups -OCH3 is 1. The van der Waals surface area contributed by atoms with Crippen LogP contribution in [0.15, 0.2) is 42.4 Å². The number of nitrogens with one attached hydrogen (secondary N) is 3. The van der Waals surface area contributed by atoms with Gasteiger partial charge in [0.15, 0.2) is 5.03 Å². The quantitative estimate of drug-likeness (QED) is 0.358. The molecule has 11 heteroatoms. The minimum atomic E-state index is -0.707. The van der Waals surface area contributed by atoms with E-state index in [0.29, 0.717) is 11.3 Å². The highest BCUT2D eigenvalue weighted by Gasteiger charge is 2.07. The van der Waals surface area contributed by atoms with Crippen molar-refractivity contribution in [3.63, 3.8) is 0 Å². The largest absolute Gasteiger partial charge is 0.496 e. The maximum absolute atomic E-state index is 11.7. The number of hydrogen-bond donors (Lipinski definition) is 3. The highest BCUT2D eigenvalue weighted by atomic mass is 79.9. The first-order valence-corrected chi connectivity index (χ1v) is 8.24. The number of amides is 1. The molecule has 126 valence electrons. The van der Waals surface area contributed by atoms with Gasteiger partial charge >= 0.3 is 5.69 Å². The van der Waals surface area contributed by atoms with Crippen molar-refractivity contribution in [2.45, 2.75) is 5.03 Å². The Bertz CT molecular complexity index is 879. The third kappa shape index (κ3) is 5.06. The van der Waals surface area contributed by atoms with E-state index in [9.17, 15) is 14.4 Å². The summed E-state index contributed by atoms with van der Waals surface area (Å²) in [5, 5.41) is 9.46. The second-order valence-electron chi connectivity index (χ2n) is 4.28. The first-order valence-electron chi connectivity index (χ1n) is 6.47. The molecule has 0 atom stereocenters. The Morgan fingerprint density at radius 3 is 3.00 bits per heavy atom. The van der Waals surface area contributed by atoms with E-state index < -0.39 is 17.2 Å². The zero-order chi connectivity index (χ0) is 17.5. The SMILES string of the molecule is COc1ccc(Br)cc1/C=N/NC(=O)CSc1n[nH]c(=O)[nH]c1=O. The van der Waals surface area contributed by atoms with E-state index in [-0.39, 0.29) is 10.8 Å². The predicted molar refractivity (Wildman–Crippen MR) is 92.6 cm³/mol. The van der Waals surface area contributed by atoms with E-state index in [1.807, 2.05) is 11.1 Å². The monoisotopic (exact) mass is 413 g/mol. The van der Waals surface area contributed by atoms with Gasteiger partial charge in [-0.2, -0.15) is 10.2 Å². The van der Waals surface area contributed by atoms with Crippen LogP contribution in [0.25, 0.3) is 0 Å². The molecule has 1 aromatic heterocycles. The topological polar surface area (TPSA) is 129 Å². The van der Waals surface area contributed by atoms with Gasteiger partial charge in [0, 0.05) is 10.0 Å². The molecule has 9 nitrogen and oxygen atoms in total. The molecule has 0 fully saturated rings. The zero-order valence-electron chi connectivity index (χ0n) is 12.3. The Balaban J connectivity index is 1.92. The number of carbonyl (C=O) groups excluding carboxylic acids is 1. The average molecular weight is 414 g/mol. The minimum absolute atomic E-state index is 0.0117. The van der Waals surface area contributed by atoms with E-state index in [1.54, 1.807) is 12.1 Å². The van der Waals surface area contributed by atoms with Crippen LogP contribution in [0.5, 0.6) is 5.75 Å². The number of ether oxygens (including phenoxy) is 1. The Labute approximate surface area is 148 Å². The number of hydrazone groups is 1. The summed E-state index contributed by atoms with van der Waals surface area (Å²) >= 11 is 4.21. The smallest absolute Gasteiger partial charge is 0.342 e. The molecule has 1 aromatic carbocycles. The number of aromatic amines is 2. The van der Waals surface area contributed by atoms with Crippen molar-refractivity contribution >= 4 is 39.8 Å². The van der Waals surface area contributed by atoms with Crippen molar-refractivity contribution in [3.05, 3.63) is 49.1 Å². The van der Waals surface area contributed by atoms with Crippen LogP contribution in [0, 0.1) is 0 Å². The van der Waals surface area contributed by atoms with Gasteiger partial charge in [-0.05, 0) is 18.2 Å². The molecule has 0 aliphatic carbocycles. The van der Waals surface area contributed by atoms with Crippen LogP contribution < -0.4 is 21.4 Å². The second kappa shape index (κ2) is 8.45. The standard InChI is InChI=1S/C13H12BrN5O4S/c1-23-9-3-2-8(14)4-7(9)5-15-17-10(20)6-24-12-11(21)16-13(22)19-18-12/h2-5H,6H2,1H3,(H,17,20)(H2,16,19,21,22)/b15-5+. The number of carbonyl (C=O) groups is 1. The summed E-state index contributed by atoms with van der Waals surface area (Å²) in [5.41, 5.74) is 1.65. The molecule has 1 heterocycles. The van der Waals surface area contributed by atoms with Gasteiger partial charge in [-0.15, -0.1) is 0 Å². The van der Waals surface area contributed by atoms with Gasteiger partial charge in [-0.3, -0.25) is 14.6 Å². The fourth-order valence-electron chi connectivity index (χ4n) is 1.58. The Hall–Kier alpha value is -2.40. The molecule has 0 aliphatic heterocycles. The molecule has 2 rings (SSSR count). The first kappa shape index (κ1) is 17.9. The lowest BCUT2D eigenvalue weighted by molar-refractivity contribution is -0.118. The van der Waals surface area contributed by atoms with E-state index in [1.165, 1.54) is 13.3 Å². The van der Waals surface area contributed by atoms with E-state index in [2.05, 4.69) is 36.7 Å².